The Kier molecular flexibility index (Phi) is 8.07. The van der Waals surface area contributed by atoms with Crippen LogP contribution in [-0.4, -0.2) is 66.4 Å². The third kappa shape index (κ3) is 6.06. The number of anilines is 1. The standard InChI is InChI=1S/C24H35N3O4/c1-4-23(29)26-12-6-9-19(14-26)24(30)27(15-20-10-7-13-31-20)16-22(28)25-21-11-5-8-17(2)18(21)3/h5,8,11,19-20H,4,6-7,9-10,12-16H2,1-3H3,(H,25,28). The minimum absolute atomic E-state index is 0.00962. The summed E-state index contributed by atoms with van der Waals surface area (Å²) in [5.74, 6) is -0.451. The highest BCUT2D eigenvalue weighted by Crippen LogP contribution is 2.22. The first-order chi connectivity index (χ1) is 14.9. The molecule has 0 aliphatic carbocycles. The summed E-state index contributed by atoms with van der Waals surface area (Å²) in [5.41, 5.74) is 2.90. The van der Waals surface area contributed by atoms with E-state index in [1.807, 2.05) is 39.0 Å². The zero-order valence-corrected chi connectivity index (χ0v) is 19.0. The Morgan fingerprint density at radius 1 is 1.19 bits per heavy atom. The number of hydrogen-bond acceptors (Lipinski definition) is 4. The number of carbonyl (C=O) groups is 3. The lowest BCUT2D eigenvalue weighted by Crippen LogP contribution is -2.50. The number of amides is 3. The molecule has 0 saturated carbocycles. The van der Waals surface area contributed by atoms with Crippen molar-refractivity contribution in [2.75, 3.05) is 38.1 Å². The average molecular weight is 430 g/mol. The third-order valence-corrected chi connectivity index (χ3v) is 6.40. The van der Waals surface area contributed by atoms with Crippen LogP contribution >= 0.6 is 0 Å². The van der Waals surface area contributed by atoms with Crippen LogP contribution in [0.25, 0.3) is 0 Å². The Morgan fingerprint density at radius 3 is 2.71 bits per heavy atom. The van der Waals surface area contributed by atoms with Gasteiger partial charge in [-0.05, 0) is 56.7 Å². The molecule has 2 heterocycles. The largest absolute Gasteiger partial charge is 0.376 e. The van der Waals surface area contributed by atoms with Crippen LogP contribution in [0.5, 0.6) is 0 Å². The molecule has 2 atom stereocenters. The first-order valence-electron chi connectivity index (χ1n) is 11.4. The van der Waals surface area contributed by atoms with Gasteiger partial charge in [0.2, 0.25) is 17.7 Å². The number of hydrogen-bond donors (Lipinski definition) is 1. The molecule has 2 saturated heterocycles. The molecule has 7 nitrogen and oxygen atoms in total. The Morgan fingerprint density at radius 2 is 2.00 bits per heavy atom. The first-order valence-corrected chi connectivity index (χ1v) is 11.4. The molecule has 170 valence electrons. The highest BCUT2D eigenvalue weighted by atomic mass is 16.5. The van der Waals surface area contributed by atoms with E-state index in [1.54, 1.807) is 9.80 Å². The minimum Gasteiger partial charge on any atom is -0.376 e. The Labute approximate surface area is 185 Å². The van der Waals surface area contributed by atoms with Crippen molar-refractivity contribution in [3.63, 3.8) is 0 Å². The van der Waals surface area contributed by atoms with E-state index in [1.165, 1.54) is 0 Å². The summed E-state index contributed by atoms with van der Waals surface area (Å²) in [6.45, 7) is 8.06. The lowest BCUT2D eigenvalue weighted by atomic mass is 9.96. The van der Waals surface area contributed by atoms with Crippen molar-refractivity contribution in [1.29, 1.82) is 0 Å². The molecular weight excluding hydrogens is 394 g/mol. The fourth-order valence-corrected chi connectivity index (χ4v) is 4.40. The molecule has 0 radical (unpaired) electrons. The topological polar surface area (TPSA) is 79.0 Å². The molecule has 2 aliphatic heterocycles. The van der Waals surface area contributed by atoms with Gasteiger partial charge >= 0.3 is 0 Å². The van der Waals surface area contributed by atoms with Crippen molar-refractivity contribution >= 4 is 23.4 Å². The Bertz CT molecular complexity index is 804. The second-order valence-corrected chi connectivity index (χ2v) is 8.68. The summed E-state index contributed by atoms with van der Waals surface area (Å²) in [7, 11) is 0. The lowest BCUT2D eigenvalue weighted by Gasteiger charge is -2.35. The summed E-state index contributed by atoms with van der Waals surface area (Å²) in [4.78, 5) is 41.8. The van der Waals surface area contributed by atoms with E-state index < -0.39 is 0 Å². The van der Waals surface area contributed by atoms with Gasteiger partial charge in [-0.25, -0.2) is 0 Å². The third-order valence-electron chi connectivity index (χ3n) is 6.40. The fraction of sp³-hybridized carbons (Fsp3) is 0.625. The average Bonchev–Trinajstić information content (AvgIpc) is 3.28. The molecule has 1 aromatic carbocycles. The van der Waals surface area contributed by atoms with Crippen molar-refractivity contribution in [2.24, 2.45) is 5.92 Å². The van der Waals surface area contributed by atoms with Crippen molar-refractivity contribution in [2.45, 2.75) is 59.0 Å². The zero-order valence-electron chi connectivity index (χ0n) is 19.0. The van der Waals surface area contributed by atoms with E-state index in [9.17, 15) is 14.4 Å². The van der Waals surface area contributed by atoms with Gasteiger partial charge in [0.15, 0.2) is 0 Å². The van der Waals surface area contributed by atoms with Crippen LogP contribution in [0.15, 0.2) is 18.2 Å². The molecule has 2 unspecified atom stereocenters. The van der Waals surface area contributed by atoms with E-state index in [0.717, 1.165) is 42.5 Å². The number of nitrogens with zero attached hydrogens (tertiary/aromatic N) is 2. The van der Waals surface area contributed by atoms with Crippen LogP contribution in [0.4, 0.5) is 5.69 Å². The van der Waals surface area contributed by atoms with Gasteiger partial charge in [0.1, 0.15) is 0 Å². The van der Waals surface area contributed by atoms with Crippen LogP contribution in [-0.2, 0) is 19.1 Å². The quantitative estimate of drug-likeness (QED) is 0.723. The predicted molar refractivity (Wildman–Crippen MR) is 120 cm³/mol. The Balaban J connectivity index is 1.69. The second-order valence-electron chi connectivity index (χ2n) is 8.68. The summed E-state index contributed by atoms with van der Waals surface area (Å²) in [6, 6.07) is 5.79. The molecular formula is C24H35N3O4. The van der Waals surface area contributed by atoms with Crippen molar-refractivity contribution in [3.8, 4) is 0 Å². The highest BCUT2D eigenvalue weighted by molar-refractivity contribution is 5.95. The monoisotopic (exact) mass is 429 g/mol. The molecule has 2 fully saturated rings. The minimum atomic E-state index is -0.265. The fourth-order valence-electron chi connectivity index (χ4n) is 4.40. The lowest BCUT2D eigenvalue weighted by molar-refractivity contribution is -0.144. The number of likely N-dealkylation sites (tertiary alicyclic amines) is 1. The molecule has 31 heavy (non-hydrogen) atoms. The number of benzene rings is 1. The van der Waals surface area contributed by atoms with E-state index in [-0.39, 0.29) is 36.3 Å². The van der Waals surface area contributed by atoms with Crippen LogP contribution in [0.2, 0.25) is 0 Å². The summed E-state index contributed by atoms with van der Waals surface area (Å²) < 4.78 is 5.74. The number of piperidine rings is 1. The van der Waals surface area contributed by atoms with Gasteiger partial charge in [0.05, 0.1) is 18.6 Å². The van der Waals surface area contributed by atoms with Crippen LogP contribution < -0.4 is 5.32 Å². The van der Waals surface area contributed by atoms with Crippen LogP contribution in [0, 0.1) is 19.8 Å². The predicted octanol–water partition coefficient (Wildman–Crippen LogP) is 2.90. The summed E-state index contributed by atoms with van der Waals surface area (Å²) in [6.07, 6.45) is 3.84. The van der Waals surface area contributed by atoms with E-state index in [2.05, 4.69) is 5.32 Å². The van der Waals surface area contributed by atoms with Crippen molar-refractivity contribution in [1.82, 2.24) is 9.80 Å². The summed E-state index contributed by atoms with van der Waals surface area (Å²) in [5, 5.41) is 2.96. The molecule has 3 rings (SSSR count). The molecule has 2 aliphatic rings. The smallest absolute Gasteiger partial charge is 0.244 e. The van der Waals surface area contributed by atoms with Gasteiger partial charge in [-0.15, -0.1) is 0 Å². The number of ether oxygens (including phenoxy) is 1. The van der Waals surface area contributed by atoms with Gasteiger partial charge in [0, 0.05) is 38.3 Å². The van der Waals surface area contributed by atoms with Gasteiger partial charge in [-0.3, -0.25) is 14.4 Å². The maximum Gasteiger partial charge on any atom is 0.244 e. The first kappa shape index (κ1) is 23.3. The van der Waals surface area contributed by atoms with Crippen LogP contribution in [0.3, 0.4) is 0 Å². The number of aryl methyl sites for hydroxylation is 1. The molecule has 0 aromatic heterocycles. The number of nitrogens with one attached hydrogen (secondary N) is 1. The normalized spacial score (nSPS) is 21.1. The molecule has 0 bridgehead atoms. The zero-order chi connectivity index (χ0) is 22.4. The van der Waals surface area contributed by atoms with Gasteiger partial charge in [-0.1, -0.05) is 19.1 Å². The van der Waals surface area contributed by atoms with E-state index in [4.69, 9.17) is 4.74 Å². The summed E-state index contributed by atoms with van der Waals surface area (Å²) >= 11 is 0. The van der Waals surface area contributed by atoms with Crippen molar-refractivity contribution < 1.29 is 19.1 Å². The SMILES string of the molecule is CCC(=O)N1CCCC(C(=O)N(CC(=O)Nc2cccc(C)c2C)CC2CCCO2)C1. The second kappa shape index (κ2) is 10.8. The number of carbonyl (C=O) groups excluding carboxylic acids is 3. The van der Waals surface area contributed by atoms with Gasteiger partial charge in [-0.2, -0.15) is 0 Å². The Hall–Kier alpha value is -2.41. The maximum absolute atomic E-state index is 13.4. The van der Waals surface area contributed by atoms with E-state index >= 15 is 0 Å². The van der Waals surface area contributed by atoms with E-state index in [0.29, 0.717) is 32.7 Å². The molecule has 1 N–H and O–H groups in total. The van der Waals surface area contributed by atoms with Gasteiger partial charge in [0.25, 0.3) is 0 Å². The molecule has 1 aromatic rings. The molecule has 7 heteroatoms. The number of rotatable bonds is 7. The molecule has 3 amide bonds. The van der Waals surface area contributed by atoms with Crippen LogP contribution in [0.1, 0.15) is 50.2 Å². The van der Waals surface area contributed by atoms with Crippen molar-refractivity contribution in [3.05, 3.63) is 29.3 Å². The molecule has 0 spiro atoms. The maximum atomic E-state index is 13.4. The van der Waals surface area contributed by atoms with Gasteiger partial charge < -0.3 is 19.9 Å². The highest BCUT2D eigenvalue weighted by Gasteiger charge is 2.33.